The number of anilines is 1. The molecule has 2 fully saturated rings. The zero-order valence-corrected chi connectivity index (χ0v) is 14.9. The number of nitrogens with zero attached hydrogens (tertiary/aromatic N) is 5. The summed E-state index contributed by atoms with van der Waals surface area (Å²) >= 11 is 0. The van der Waals surface area contributed by atoms with Crippen LogP contribution in [-0.4, -0.2) is 65.3 Å². The van der Waals surface area contributed by atoms with Gasteiger partial charge >= 0.3 is 0 Å². The van der Waals surface area contributed by atoms with Crippen molar-refractivity contribution in [1.82, 2.24) is 20.0 Å². The summed E-state index contributed by atoms with van der Waals surface area (Å²) in [6.45, 7) is 5.51. The van der Waals surface area contributed by atoms with Gasteiger partial charge in [0, 0.05) is 50.5 Å². The van der Waals surface area contributed by atoms with E-state index in [1.54, 1.807) is 6.20 Å². The Bertz CT molecular complexity index is 748. The van der Waals surface area contributed by atoms with E-state index in [1.165, 1.54) is 0 Å². The molecule has 1 aliphatic heterocycles. The van der Waals surface area contributed by atoms with Crippen molar-refractivity contribution in [3.8, 4) is 11.4 Å². The summed E-state index contributed by atoms with van der Waals surface area (Å²) in [4.78, 5) is 25.0. The van der Waals surface area contributed by atoms with Crippen LogP contribution in [0, 0.1) is 0 Å². The third kappa shape index (κ3) is 3.70. The summed E-state index contributed by atoms with van der Waals surface area (Å²) in [5.41, 5.74) is 0.856. The molecular weight excluding hydrogens is 334 g/mol. The van der Waals surface area contributed by atoms with Gasteiger partial charge in [-0.3, -0.25) is 4.79 Å². The minimum Gasteiger partial charge on any atom is -0.372 e. The molecule has 0 unspecified atom stereocenters. The average Bonchev–Trinajstić information content (AvgIpc) is 3.43. The Hall–Kier alpha value is -2.48. The first-order chi connectivity index (χ1) is 12.7. The summed E-state index contributed by atoms with van der Waals surface area (Å²) in [7, 11) is 0. The largest absolute Gasteiger partial charge is 0.372 e. The van der Waals surface area contributed by atoms with E-state index in [9.17, 15) is 4.79 Å². The lowest BCUT2D eigenvalue weighted by atomic mass is 10.2. The van der Waals surface area contributed by atoms with Gasteiger partial charge in [-0.1, -0.05) is 5.16 Å². The van der Waals surface area contributed by atoms with Gasteiger partial charge in [0.1, 0.15) is 12.4 Å². The highest BCUT2D eigenvalue weighted by atomic mass is 16.5. The van der Waals surface area contributed by atoms with Gasteiger partial charge < -0.3 is 19.1 Å². The van der Waals surface area contributed by atoms with Crippen LogP contribution in [0.25, 0.3) is 11.4 Å². The Kier molecular flexibility index (Phi) is 4.83. The molecule has 0 N–H and O–H groups in total. The Morgan fingerprint density at radius 2 is 2.08 bits per heavy atom. The molecule has 0 spiro atoms. The minimum absolute atomic E-state index is 0.0541. The fourth-order valence-corrected chi connectivity index (χ4v) is 3.02. The van der Waals surface area contributed by atoms with E-state index in [1.807, 2.05) is 24.0 Å². The molecule has 8 heteroatoms. The topological polar surface area (TPSA) is 84.6 Å². The van der Waals surface area contributed by atoms with Gasteiger partial charge in [0.2, 0.25) is 17.6 Å². The predicted molar refractivity (Wildman–Crippen MR) is 94.8 cm³/mol. The van der Waals surface area contributed by atoms with Crippen molar-refractivity contribution in [3.05, 3.63) is 24.2 Å². The molecule has 0 aromatic carbocycles. The third-order valence-electron chi connectivity index (χ3n) is 4.76. The highest BCUT2D eigenvalue weighted by molar-refractivity contribution is 5.77. The number of carbonyl (C=O) groups excluding carboxylic acids is 1. The van der Waals surface area contributed by atoms with Gasteiger partial charge in [-0.2, -0.15) is 4.98 Å². The molecule has 2 aromatic rings. The molecule has 8 nitrogen and oxygen atoms in total. The lowest BCUT2D eigenvalue weighted by Crippen LogP contribution is -2.50. The van der Waals surface area contributed by atoms with Crippen molar-refractivity contribution in [2.75, 3.05) is 44.3 Å². The van der Waals surface area contributed by atoms with Crippen LogP contribution in [0.5, 0.6) is 0 Å². The van der Waals surface area contributed by atoms with Gasteiger partial charge in [0.15, 0.2) is 0 Å². The second-order valence-electron chi connectivity index (χ2n) is 6.64. The average molecular weight is 357 g/mol. The predicted octanol–water partition coefficient (Wildman–Crippen LogP) is 1.69. The number of carbonyl (C=O) groups is 1. The normalized spacial score (nSPS) is 17.6. The van der Waals surface area contributed by atoms with E-state index in [2.05, 4.69) is 20.0 Å². The van der Waals surface area contributed by atoms with E-state index in [-0.39, 0.29) is 12.5 Å². The molecule has 2 aromatic heterocycles. The number of hydrogen-bond donors (Lipinski definition) is 0. The van der Waals surface area contributed by atoms with Crippen LogP contribution in [0.4, 0.5) is 5.82 Å². The Labute approximate surface area is 152 Å². The first kappa shape index (κ1) is 17.0. The fraction of sp³-hybridized carbons (Fsp3) is 0.556. The van der Waals surface area contributed by atoms with Crippen LogP contribution < -0.4 is 4.90 Å². The van der Waals surface area contributed by atoms with Crippen molar-refractivity contribution in [2.45, 2.75) is 25.7 Å². The summed E-state index contributed by atoms with van der Waals surface area (Å²) in [5.74, 6) is 2.73. The maximum atomic E-state index is 12.0. The van der Waals surface area contributed by atoms with Crippen molar-refractivity contribution < 1.29 is 14.1 Å². The first-order valence-corrected chi connectivity index (χ1v) is 9.15. The summed E-state index contributed by atoms with van der Waals surface area (Å²) in [6, 6.07) is 3.94. The van der Waals surface area contributed by atoms with Crippen LogP contribution >= 0.6 is 0 Å². The standard InChI is InChI=1S/C18H23N5O3/c1-2-25-12-16(24)23-9-7-22(8-10-23)15-6-5-14(11-19-15)17-20-18(26-21-17)13-3-4-13/h5-6,11,13H,2-4,7-10,12H2,1H3. The zero-order valence-electron chi connectivity index (χ0n) is 14.9. The first-order valence-electron chi connectivity index (χ1n) is 9.15. The minimum atomic E-state index is 0.0541. The van der Waals surface area contributed by atoms with E-state index in [0.717, 1.165) is 43.2 Å². The molecule has 1 saturated heterocycles. The summed E-state index contributed by atoms with van der Waals surface area (Å²) in [5, 5.41) is 4.05. The number of aromatic nitrogens is 3. The second kappa shape index (κ2) is 7.41. The number of piperazine rings is 1. The monoisotopic (exact) mass is 357 g/mol. The molecule has 0 radical (unpaired) electrons. The summed E-state index contributed by atoms with van der Waals surface area (Å²) < 4.78 is 10.5. The van der Waals surface area contributed by atoms with Crippen LogP contribution in [-0.2, 0) is 9.53 Å². The van der Waals surface area contributed by atoms with Crippen molar-refractivity contribution >= 4 is 11.7 Å². The Morgan fingerprint density at radius 3 is 2.73 bits per heavy atom. The van der Waals surface area contributed by atoms with E-state index in [0.29, 0.717) is 31.4 Å². The number of ether oxygens (including phenoxy) is 1. The number of amides is 1. The van der Waals surface area contributed by atoms with E-state index >= 15 is 0 Å². The molecule has 0 bridgehead atoms. The molecule has 2 aliphatic rings. The van der Waals surface area contributed by atoms with Crippen LogP contribution in [0.2, 0.25) is 0 Å². The van der Waals surface area contributed by atoms with Crippen molar-refractivity contribution in [2.24, 2.45) is 0 Å². The Balaban J connectivity index is 1.34. The van der Waals surface area contributed by atoms with Crippen molar-refractivity contribution in [1.29, 1.82) is 0 Å². The molecule has 0 atom stereocenters. The van der Waals surface area contributed by atoms with E-state index < -0.39 is 0 Å². The van der Waals surface area contributed by atoms with Gasteiger partial charge in [-0.25, -0.2) is 4.98 Å². The van der Waals surface area contributed by atoms with Crippen LogP contribution in [0.1, 0.15) is 31.6 Å². The Morgan fingerprint density at radius 1 is 1.27 bits per heavy atom. The highest BCUT2D eigenvalue weighted by Gasteiger charge is 2.30. The molecule has 1 amide bonds. The fourth-order valence-electron chi connectivity index (χ4n) is 3.02. The maximum Gasteiger partial charge on any atom is 0.248 e. The molecular formula is C18H23N5O3. The van der Waals surface area contributed by atoms with Gasteiger partial charge in [0.25, 0.3) is 0 Å². The van der Waals surface area contributed by atoms with Gasteiger partial charge in [-0.15, -0.1) is 0 Å². The highest BCUT2D eigenvalue weighted by Crippen LogP contribution is 2.39. The molecule has 1 saturated carbocycles. The molecule has 26 heavy (non-hydrogen) atoms. The quantitative estimate of drug-likeness (QED) is 0.778. The van der Waals surface area contributed by atoms with Gasteiger partial charge in [-0.05, 0) is 31.9 Å². The summed E-state index contributed by atoms with van der Waals surface area (Å²) in [6.07, 6.45) is 4.05. The molecule has 3 heterocycles. The maximum absolute atomic E-state index is 12.0. The van der Waals surface area contributed by atoms with E-state index in [4.69, 9.17) is 9.26 Å². The molecule has 4 rings (SSSR count). The number of hydrogen-bond acceptors (Lipinski definition) is 7. The lowest BCUT2D eigenvalue weighted by Gasteiger charge is -2.35. The number of rotatable bonds is 6. The third-order valence-corrected chi connectivity index (χ3v) is 4.76. The van der Waals surface area contributed by atoms with Crippen molar-refractivity contribution in [3.63, 3.8) is 0 Å². The van der Waals surface area contributed by atoms with Crippen LogP contribution in [0.3, 0.4) is 0 Å². The lowest BCUT2D eigenvalue weighted by molar-refractivity contribution is -0.136. The smallest absolute Gasteiger partial charge is 0.248 e. The number of pyridine rings is 1. The second-order valence-corrected chi connectivity index (χ2v) is 6.64. The molecule has 138 valence electrons. The van der Waals surface area contributed by atoms with Crippen LogP contribution in [0.15, 0.2) is 22.9 Å². The SMILES string of the molecule is CCOCC(=O)N1CCN(c2ccc(-c3noc(C4CC4)n3)cn2)CC1. The van der Waals surface area contributed by atoms with Gasteiger partial charge in [0.05, 0.1) is 0 Å². The molecule has 1 aliphatic carbocycles. The zero-order chi connectivity index (χ0) is 17.9.